The van der Waals surface area contributed by atoms with Crippen LogP contribution in [-0.4, -0.2) is 13.1 Å². The van der Waals surface area contributed by atoms with Crippen molar-refractivity contribution in [1.82, 2.24) is 0 Å². The van der Waals surface area contributed by atoms with Gasteiger partial charge in [-0.2, -0.15) is 5.26 Å². The van der Waals surface area contributed by atoms with Crippen LogP contribution in [0.1, 0.15) is 5.56 Å². The van der Waals surface area contributed by atoms with Crippen LogP contribution in [0.5, 0.6) is 28.7 Å². The Balaban J connectivity index is 1.97. The van der Waals surface area contributed by atoms with E-state index in [2.05, 4.69) is 6.07 Å². The van der Waals surface area contributed by atoms with Crippen molar-refractivity contribution in [3.8, 4) is 34.8 Å². The van der Waals surface area contributed by atoms with Crippen molar-refractivity contribution < 1.29 is 23.7 Å². The Morgan fingerprint density at radius 2 is 1.62 bits per heavy atom. The molecule has 3 aromatic rings. The molecule has 0 heterocycles. The minimum Gasteiger partial charge on any atom is -0.504 e. The maximum absolute atomic E-state index is 12.0. The predicted molar refractivity (Wildman–Crippen MR) is 106 cm³/mol. The third kappa shape index (κ3) is 5.37. The molecule has 0 aliphatic heterocycles. The molecule has 0 amide bonds. The molecule has 0 spiro atoms. The van der Waals surface area contributed by atoms with Gasteiger partial charge in [0.15, 0.2) is 11.5 Å². The number of methoxy groups -OCH3 is 1. The highest BCUT2D eigenvalue weighted by molar-refractivity contribution is 5.84. The highest BCUT2D eigenvalue weighted by atomic mass is 16.6. The Morgan fingerprint density at radius 3 is 2.38 bits per heavy atom. The summed E-state index contributed by atoms with van der Waals surface area (Å²) in [5, 5.41) is 9.09. The summed E-state index contributed by atoms with van der Waals surface area (Å²) < 4.78 is 22.0. The van der Waals surface area contributed by atoms with Crippen molar-refractivity contribution in [2.75, 3.05) is 7.11 Å². The van der Waals surface area contributed by atoms with Crippen molar-refractivity contribution in [2.45, 2.75) is 0 Å². The van der Waals surface area contributed by atoms with Crippen LogP contribution < -0.4 is 14.2 Å². The number of rotatable bonds is 7. The molecule has 0 N–H and O–H groups in total. The molecule has 3 rings (SSSR count). The summed E-state index contributed by atoms with van der Waals surface area (Å²) in [5.74, 6) is 1.08. The SMILES string of the molecule is COC=CC(=O)Oc1cccc(Oc2cccc(C#N)c2)c1Oc1ccccc1. The van der Waals surface area contributed by atoms with Crippen molar-refractivity contribution in [3.63, 3.8) is 0 Å². The Bertz CT molecular complexity index is 1050. The Labute approximate surface area is 168 Å². The van der Waals surface area contributed by atoms with E-state index < -0.39 is 5.97 Å². The second kappa shape index (κ2) is 9.62. The van der Waals surface area contributed by atoms with Crippen molar-refractivity contribution >= 4 is 5.97 Å². The van der Waals surface area contributed by atoms with E-state index in [9.17, 15) is 4.79 Å². The van der Waals surface area contributed by atoms with Gasteiger partial charge in [-0.05, 0) is 42.5 Å². The van der Waals surface area contributed by atoms with Gasteiger partial charge in [0.25, 0.3) is 0 Å². The van der Waals surface area contributed by atoms with Gasteiger partial charge in [-0.25, -0.2) is 4.79 Å². The summed E-state index contributed by atoms with van der Waals surface area (Å²) in [6.45, 7) is 0. The molecule has 0 aromatic heterocycles. The third-order valence-corrected chi connectivity index (χ3v) is 3.65. The molecule has 6 heteroatoms. The molecule has 0 saturated heterocycles. The van der Waals surface area contributed by atoms with Gasteiger partial charge in [-0.1, -0.05) is 30.3 Å². The maximum atomic E-state index is 12.0. The zero-order chi connectivity index (χ0) is 20.5. The fourth-order valence-electron chi connectivity index (χ4n) is 2.39. The number of nitrogens with zero attached hydrogens (tertiary/aromatic N) is 1. The van der Waals surface area contributed by atoms with Crippen LogP contribution in [0.25, 0.3) is 0 Å². The van der Waals surface area contributed by atoms with Crippen LogP contribution in [-0.2, 0) is 9.53 Å². The highest BCUT2D eigenvalue weighted by Crippen LogP contribution is 2.42. The molecule has 29 heavy (non-hydrogen) atoms. The fraction of sp³-hybridized carbons (Fsp3) is 0.0435. The van der Waals surface area contributed by atoms with Crippen LogP contribution in [0.4, 0.5) is 0 Å². The average molecular weight is 387 g/mol. The first-order chi connectivity index (χ1) is 14.2. The molecule has 0 radical (unpaired) electrons. The molecule has 0 bridgehead atoms. The van der Waals surface area contributed by atoms with Gasteiger partial charge in [-0.15, -0.1) is 0 Å². The monoisotopic (exact) mass is 387 g/mol. The Morgan fingerprint density at radius 1 is 0.897 bits per heavy atom. The zero-order valence-electron chi connectivity index (χ0n) is 15.6. The highest BCUT2D eigenvalue weighted by Gasteiger charge is 2.17. The molecule has 0 aliphatic rings. The summed E-state index contributed by atoms with van der Waals surface area (Å²) >= 11 is 0. The molecule has 0 saturated carbocycles. The van der Waals surface area contributed by atoms with E-state index in [-0.39, 0.29) is 11.5 Å². The van der Waals surface area contributed by atoms with Crippen molar-refractivity contribution in [1.29, 1.82) is 5.26 Å². The standard InChI is InChI=1S/C23H17NO5/c1-26-14-13-22(25)29-21-12-6-11-20(23(21)28-18-8-3-2-4-9-18)27-19-10-5-7-17(15-19)16-24/h2-15H,1H3. The summed E-state index contributed by atoms with van der Waals surface area (Å²) in [6, 6.07) is 22.8. The van der Waals surface area contributed by atoms with Gasteiger partial charge in [0.2, 0.25) is 5.75 Å². The number of benzene rings is 3. The van der Waals surface area contributed by atoms with E-state index >= 15 is 0 Å². The van der Waals surface area contributed by atoms with Gasteiger partial charge < -0.3 is 18.9 Å². The van der Waals surface area contributed by atoms with Crippen LogP contribution >= 0.6 is 0 Å². The van der Waals surface area contributed by atoms with E-state index in [1.54, 1.807) is 54.6 Å². The smallest absolute Gasteiger partial charge is 0.339 e. The molecule has 0 atom stereocenters. The quantitative estimate of drug-likeness (QED) is 0.240. The van der Waals surface area contributed by atoms with Gasteiger partial charge in [-0.3, -0.25) is 0 Å². The zero-order valence-corrected chi connectivity index (χ0v) is 15.6. The number of para-hydroxylation sites is 2. The normalized spacial score (nSPS) is 10.2. The summed E-state index contributed by atoms with van der Waals surface area (Å²) in [5.41, 5.74) is 0.459. The van der Waals surface area contributed by atoms with Crippen molar-refractivity contribution in [2.24, 2.45) is 0 Å². The molecule has 0 aliphatic carbocycles. The Hall–Kier alpha value is -4.24. The van der Waals surface area contributed by atoms with Gasteiger partial charge in [0.1, 0.15) is 11.5 Å². The van der Waals surface area contributed by atoms with Gasteiger partial charge in [0.05, 0.1) is 31.1 Å². The number of ether oxygens (including phenoxy) is 4. The second-order valence-electron chi connectivity index (χ2n) is 5.70. The number of hydrogen-bond acceptors (Lipinski definition) is 6. The van der Waals surface area contributed by atoms with E-state index in [0.29, 0.717) is 22.8 Å². The average Bonchev–Trinajstić information content (AvgIpc) is 2.75. The minimum atomic E-state index is -0.631. The van der Waals surface area contributed by atoms with Crippen molar-refractivity contribution in [3.05, 3.63) is 90.7 Å². The molecular weight excluding hydrogens is 370 g/mol. The third-order valence-electron chi connectivity index (χ3n) is 3.65. The number of nitriles is 1. The first-order valence-corrected chi connectivity index (χ1v) is 8.64. The van der Waals surface area contributed by atoms with Gasteiger partial charge in [0, 0.05) is 0 Å². The van der Waals surface area contributed by atoms with Crippen LogP contribution in [0.15, 0.2) is 85.1 Å². The largest absolute Gasteiger partial charge is 0.504 e. The number of carbonyl (C=O) groups is 1. The summed E-state index contributed by atoms with van der Waals surface area (Å²) in [6.07, 6.45) is 2.37. The predicted octanol–water partition coefficient (Wildman–Crippen LogP) is 5.21. The molecule has 0 fully saturated rings. The lowest BCUT2D eigenvalue weighted by atomic mass is 10.2. The molecular formula is C23H17NO5. The van der Waals surface area contributed by atoms with Crippen LogP contribution in [0.3, 0.4) is 0 Å². The van der Waals surface area contributed by atoms with E-state index in [1.165, 1.54) is 13.4 Å². The van der Waals surface area contributed by atoms with E-state index in [1.807, 2.05) is 18.2 Å². The lowest BCUT2D eigenvalue weighted by molar-refractivity contribution is -0.129. The van der Waals surface area contributed by atoms with Gasteiger partial charge >= 0.3 is 5.97 Å². The summed E-state index contributed by atoms with van der Waals surface area (Å²) in [4.78, 5) is 12.0. The minimum absolute atomic E-state index is 0.175. The van der Waals surface area contributed by atoms with Crippen LogP contribution in [0.2, 0.25) is 0 Å². The van der Waals surface area contributed by atoms with Crippen LogP contribution in [0, 0.1) is 11.3 Å². The molecule has 6 nitrogen and oxygen atoms in total. The lowest BCUT2D eigenvalue weighted by Gasteiger charge is -2.15. The van der Waals surface area contributed by atoms with E-state index in [4.69, 9.17) is 24.2 Å². The summed E-state index contributed by atoms with van der Waals surface area (Å²) in [7, 11) is 1.43. The number of esters is 1. The first kappa shape index (κ1) is 19.5. The molecule has 3 aromatic carbocycles. The fourth-order valence-corrected chi connectivity index (χ4v) is 2.39. The maximum Gasteiger partial charge on any atom is 0.339 e. The first-order valence-electron chi connectivity index (χ1n) is 8.64. The lowest BCUT2D eigenvalue weighted by Crippen LogP contribution is -2.05. The number of hydrogen-bond donors (Lipinski definition) is 0. The molecule has 144 valence electrons. The Kier molecular flexibility index (Phi) is 6.48. The second-order valence-corrected chi connectivity index (χ2v) is 5.70. The number of carbonyl (C=O) groups excluding carboxylic acids is 1. The molecule has 0 unspecified atom stereocenters. The topological polar surface area (TPSA) is 77.8 Å². The van der Waals surface area contributed by atoms with E-state index in [0.717, 1.165) is 6.08 Å².